The van der Waals surface area contributed by atoms with E-state index in [4.69, 9.17) is 20.1 Å². The minimum absolute atomic E-state index is 0.0315. The van der Waals surface area contributed by atoms with Gasteiger partial charge < -0.3 is 24.5 Å². The van der Waals surface area contributed by atoms with Crippen molar-refractivity contribution in [2.75, 3.05) is 59.7 Å². The first-order valence-electron chi connectivity index (χ1n) is 4.92. The second kappa shape index (κ2) is 8.14. The minimum atomic E-state index is 0.0315. The summed E-state index contributed by atoms with van der Waals surface area (Å²) < 4.78 is 5.74. The number of aliphatic hydroxyl groups excluding tert-OH is 3. The number of hydrogen-bond acceptors (Lipinski definition) is 4. The molecule has 0 radical (unpaired) electrons. The Hall–Kier alpha value is -0.200. The van der Waals surface area contributed by atoms with Gasteiger partial charge in [0.05, 0.1) is 40.1 Å². The Morgan fingerprint density at radius 2 is 1.43 bits per heavy atom. The maximum absolute atomic E-state index is 8.85. The lowest BCUT2D eigenvalue weighted by Gasteiger charge is -2.33. The molecule has 0 bridgehead atoms. The number of quaternary nitrogens is 1. The smallest absolute Gasteiger partial charge is 0.102 e. The first kappa shape index (κ1) is 13.8. The summed E-state index contributed by atoms with van der Waals surface area (Å²) in [6, 6.07) is 0. The van der Waals surface area contributed by atoms with E-state index in [9.17, 15) is 0 Å². The van der Waals surface area contributed by atoms with Crippen molar-refractivity contribution in [1.82, 2.24) is 0 Å². The van der Waals surface area contributed by atoms with Gasteiger partial charge in [-0.15, -0.1) is 0 Å². The maximum Gasteiger partial charge on any atom is 0.102 e. The molecule has 0 aliphatic carbocycles. The SMILES string of the molecule is C[N+](CCO)(CCO)CCOCCO. The van der Waals surface area contributed by atoms with E-state index < -0.39 is 0 Å². The molecule has 0 atom stereocenters. The van der Waals surface area contributed by atoms with E-state index in [1.165, 1.54) is 0 Å². The van der Waals surface area contributed by atoms with E-state index in [0.717, 1.165) is 6.54 Å². The average molecular weight is 208 g/mol. The van der Waals surface area contributed by atoms with Crippen LogP contribution in [0.15, 0.2) is 0 Å². The van der Waals surface area contributed by atoms with Crippen molar-refractivity contribution in [3.8, 4) is 0 Å². The van der Waals surface area contributed by atoms with Gasteiger partial charge in [-0.3, -0.25) is 0 Å². The molecule has 0 unspecified atom stereocenters. The van der Waals surface area contributed by atoms with Crippen molar-refractivity contribution in [3.05, 3.63) is 0 Å². The third-order valence-corrected chi connectivity index (χ3v) is 2.29. The molecule has 3 N–H and O–H groups in total. The predicted octanol–water partition coefficient (Wildman–Crippen LogP) is -1.57. The van der Waals surface area contributed by atoms with Gasteiger partial charge >= 0.3 is 0 Å². The summed E-state index contributed by atoms with van der Waals surface area (Å²) in [6.45, 7) is 3.10. The fourth-order valence-electron chi connectivity index (χ4n) is 1.27. The van der Waals surface area contributed by atoms with Gasteiger partial charge in [-0.25, -0.2) is 0 Å². The van der Waals surface area contributed by atoms with Gasteiger partial charge in [-0.2, -0.15) is 0 Å². The van der Waals surface area contributed by atoms with Crippen LogP contribution in [-0.4, -0.2) is 79.5 Å². The number of nitrogens with zero attached hydrogens (tertiary/aromatic N) is 1. The molecular formula is C9H22NO4+. The van der Waals surface area contributed by atoms with Gasteiger partial charge in [0.1, 0.15) is 19.6 Å². The van der Waals surface area contributed by atoms with Gasteiger partial charge in [0, 0.05) is 0 Å². The van der Waals surface area contributed by atoms with E-state index in [1.807, 2.05) is 7.05 Å². The van der Waals surface area contributed by atoms with E-state index >= 15 is 0 Å². The molecule has 0 spiro atoms. The average Bonchev–Trinajstić information content (AvgIpc) is 2.13. The van der Waals surface area contributed by atoms with E-state index in [-0.39, 0.29) is 19.8 Å². The predicted molar refractivity (Wildman–Crippen MR) is 52.9 cm³/mol. The second-order valence-electron chi connectivity index (χ2n) is 3.57. The zero-order valence-corrected chi connectivity index (χ0v) is 8.85. The van der Waals surface area contributed by atoms with Crippen LogP contribution in [0.4, 0.5) is 0 Å². The van der Waals surface area contributed by atoms with Crippen LogP contribution in [-0.2, 0) is 4.74 Å². The Morgan fingerprint density at radius 1 is 0.857 bits per heavy atom. The summed E-state index contributed by atoms with van der Waals surface area (Å²) >= 11 is 0. The summed E-state index contributed by atoms with van der Waals surface area (Å²) in [4.78, 5) is 0. The van der Waals surface area contributed by atoms with Crippen LogP contribution in [0.2, 0.25) is 0 Å². The van der Waals surface area contributed by atoms with Crippen molar-refractivity contribution >= 4 is 0 Å². The number of ether oxygens (including phenoxy) is 1. The van der Waals surface area contributed by atoms with Gasteiger partial charge in [0.15, 0.2) is 0 Å². The summed E-state index contributed by atoms with van der Waals surface area (Å²) in [5.41, 5.74) is 0. The fourth-order valence-corrected chi connectivity index (χ4v) is 1.27. The highest BCUT2D eigenvalue weighted by Crippen LogP contribution is 2.00. The van der Waals surface area contributed by atoms with Crippen LogP contribution >= 0.6 is 0 Å². The lowest BCUT2D eigenvalue weighted by molar-refractivity contribution is -0.910. The van der Waals surface area contributed by atoms with Crippen LogP contribution < -0.4 is 0 Å². The van der Waals surface area contributed by atoms with Crippen molar-refractivity contribution in [2.45, 2.75) is 0 Å². The van der Waals surface area contributed by atoms with Crippen LogP contribution in [0, 0.1) is 0 Å². The number of aliphatic hydroxyl groups is 3. The summed E-state index contributed by atoms with van der Waals surface area (Å²) in [5.74, 6) is 0. The lowest BCUT2D eigenvalue weighted by Crippen LogP contribution is -2.50. The zero-order chi connectivity index (χ0) is 10.9. The summed E-state index contributed by atoms with van der Waals surface area (Å²) in [6.07, 6.45) is 0. The molecule has 0 aliphatic heterocycles. The van der Waals surface area contributed by atoms with Crippen LogP contribution in [0.1, 0.15) is 0 Å². The highest BCUT2D eigenvalue weighted by atomic mass is 16.5. The molecular weight excluding hydrogens is 186 g/mol. The van der Waals surface area contributed by atoms with Gasteiger partial charge in [0.25, 0.3) is 0 Å². The van der Waals surface area contributed by atoms with E-state index in [0.29, 0.717) is 30.8 Å². The van der Waals surface area contributed by atoms with Gasteiger partial charge in [0.2, 0.25) is 0 Å². The van der Waals surface area contributed by atoms with Crippen LogP contribution in [0.25, 0.3) is 0 Å². The Morgan fingerprint density at radius 3 is 1.86 bits per heavy atom. The number of rotatable bonds is 9. The molecule has 86 valence electrons. The topological polar surface area (TPSA) is 69.9 Å². The van der Waals surface area contributed by atoms with Gasteiger partial charge in [-0.05, 0) is 0 Å². The van der Waals surface area contributed by atoms with Crippen molar-refractivity contribution in [1.29, 1.82) is 0 Å². The summed E-state index contributed by atoms with van der Waals surface area (Å²) in [7, 11) is 1.97. The molecule has 0 aromatic rings. The highest BCUT2D eigenvalue weighted by Gasteiger charge is 2.19. The third-order valence-electron chi connectivity index (χ3n) is 2.29. The number of hydrogen-bond donors (Lipinski definition) is 3. The molecule has 0 rings (SSSR count). The van der Waals surface area contributed by atoms with Crippen LogP contribution in [0.5, 0.6) is 0 Å². The zero-order valence-electron chi connectivity index (χ0n) is 8.85. The Labute approximate surface area is 85.1 Å². The number of likely N-dealkylation sites (N-methyl/N-ethyl adjacent to an activating group) is 1. The molecule has 0 fully saturated rings. The van der Waals surface area contributed by atoms with Crippen LogP contribution in [0.3, 0.4) is 0 Å². The Kier molecular flexibility index (Phi) is 8.02. The Balaban J connectivity index is 3.71. The molecule has 14 heavy (non-hydrogen) atoms. The molecule has 0 aromatic carbocycles. The van der Waals surface area contributed by atoms with Gasteiger partial charge in [-0.1, -0.05) is 0 Å². The quantitative estimate of drug-likeness (QED) is 0.316. The maximum atomic E-state index is 8.85. The lowest BCUT2D eigenvalue weighted by atomic mass is 10.4. The van der Waals surface area contributed by atoms with Crippen molar-refractivity contribution < 1.29 is 24.5 Å². The van der Waals surface area contributed by atoms with E-state index in [1.54, 1.807) is 0 Å². The highest BCUT2D eigenvalue weighted by molar-refractivity contribution is 4.39. The molecule has 5 heteroatoms. The minimum Gasteiger partial charge on any atom is -0.394 e. The molecule has 0 heterocycles. The third kappa shape index (κ3) is 6.28. The normalized spacial score (nSPS) is 12.0. The standard InChI is InChI=1S/C9H22NO4/c1-10(2-5-11,3-6-12)4-8-14-9-7-13/h11-13H,2-9H2,1H3/q+1. The first-order chi connectivity index (χ1) is 6.68. The largest absolute Gasteiger partial charge is 0.394 e. The molecule has 0 saturated carbocycles. The molecule has 0 amide bonds. The molecule has 5 nitrogen and oxygen atoms in total. The fraction of sp³-hybridized carbons (Fsp3) is 1.00. The first-order valence-corrected chi connectivity index (χ1v) is 4.92. The molecule has 0 saturated heterocycles. The van der Waals surface area contributed by atoms with Crippen molar-refractivity contribution in [3.63, 3.8) is 0 Å². The Bertz CT molecular complexity index is 126. The summed E-state index contributed by atoms with van der Waals surface area (Å²) in [5, 5.41) is 26.2. The molecule has 0 aromatic heterocycles. The monoisotopic (exact) mass is 208 g/mol. The van der Waals surface area contributed by atoms with Crippen molar-refractivity contribution in [2.24, 2.45) is 0 Å². The molecule has 0 aliphatic rings. The second-order valence-corrected chi connectivity index (χ2v) is 3.57. The van der Waals surface area contributed by atoms with E-state index in [2.05, 4.69) is 0 Å².